The molecule has 0 unspecified atom stereocenters. The SMILES string of the molecule is CN(C)CCNC(=O)CN(C)C(=O)c1csc(Nc2cccc(C(F)(F)F)c2)n1. The second-order valence-electron chi connectivity index (χ2n) is 6.56. The number of likely N-dealkylation sites (N-methyl/N-ethyl adjacent to an activating group) is 2. The third kappa shape index (κ3) is 7.02. The van der Waals surface area contributed by atoms with Gasteiger partial charge in [0.1, 0.15) is 5.69 Å². The third-order valence-electron chi connectivity index (χ3n) is 3.77. The number of aromatic nitrogens is 1. The molecule has 0 bridgehead atoms. The fourth-order valence-corrected chi connectivity index (χ4v) is 2.99. The van der Waals surface area contributed by atoms with Crippen molar-refractivity contribution in [1.82, 2.24) is 20.1 Å². The van der Waals surface area contributed by atoms with E-state index in [4.69, 9.17) is 0 Å². The van der Waals surface area contributed by atoms with Gasteiger partial charge in [0.05, 0.1) is 12.1 Å². The van der Waals surface area contributed by atoms with Crippen LogP contribution in [0.15, 0.2) is 29.6 Å². The zero-order valence-electron chi connectivity index (χ0n) is 16.2. The molecule has 0 saturated heterocycles. The number of nitrogens with zero attached hydrogens (tertiary/aromatic N) is 3. The Morgan fingerprint density at radius 3 is 2.59 bits per heavy atom. The molecule has 0 radical (unpaired) electrons. The minimum Gasteiger partial charge on any atom is -0.353 e. The summed E-state index contributed by atoms with van der Waals surface area (Å²) in [6, 6.07) is 4.70. The number of thiazole rings is 1. The van der Waals surface area contributed by atoms with Crippen molar-refractivity contribution in [2.24, 2.45) is 0 Å². The highest BCUT2D eigenvalue weighted by molar-refractivity contribution is 7.14. The number of amides is 2. The van der Waals surface area contributed by atoms with Crippen molar-refractivity contribution in [3.63, 3.8) is 0 Å². The number of halogens is 3. The second-order valence-corrected chi connectivity index (χ2v) is 7.41. The van der Waals surface area contributed by atoms with Gasteiger partial charge in [-0.2, -0.15) is 13.2 Å². The van der Waals surface area contributed by atoms with Gasteiger partial charge in [-0.05, 0) is 32.3 Å². The zero-order chi connectivity index (χ0) is 21.6. The lowest BCUT2D eigenvalue weighted by atomic mass is 10.2. The van der Waals surface area contributed by atoms with Gasteiger partial charge in [0, 0.05) is 31.2 Å². The van der Waals surface area contributed by atoms with Crippen LogP contribution in [0, 0.1) is 0 Å². The van der Waals surface area contributed by atoms with E-state index in [1.807, 2.05) is 19.0 Å². The Bertz CT molecular complexity index is 854. The number of carbonyl (C=O) groups is 2. The van der Waals surface area contributed by atoms with Gasteiger partial charge in [-0.25, -0.2) is 4.98 Å². The molecule has 7 nitrogen and oxygen atoms in total. The van der Waals surface area contributed by atoms with E-state index in [-0.39, 0.29) is 29.0 Å². The van der Waals surface area contributed by atoms with Gasteiger partial charge in [-0.15, -0.1) is 11.3 Å². The van der Waals surface area contributed by atoms with Crippen LogP contribution in [0.3, 0.4) is 0 Å². The molecule has 29 heavy (non-hydrogen) atoms. The Balaban J connectivity index is 1.95. The van der Waals surface area contributed by atoms with Crippen molar-refractivity contribution in [2.75, 3.05) is 46.1 Å². The van der Waals surface area contributed by atoms with E-state index >= 15 is 0 Å². The monoisotopic (exact) mass is 429 g/mol. The van der Waals surface area contributed by atoms with E-state index in [1.165, 1.54) is 29.5 Å². The smallest absolute Gasteiger partial charge is 0.353 e. The van der Waals surface area contributed by atoms with Gasteiger partial charge in [0.25, 0.3) is 5.91 Å². The third-order valence-corrected chi connectivity index (χ3v) is 4.53. The van der Waals surface area contributed by atoms with Crippen molar-refractivity contribution < 1.29 is 22.8 Å². The highest BCUT2D eigenvalue weighted by Crippen LogP contribution is 2.31. The largest absolute Gasteiger partial charge is 0.416 e. The maximum Gasteiger partial charge on any atom is 0.416 e. The molecule has 0 atom stereocenters. The van der Waals surface area contributed by atoms with Gasteiger partial charge >= 0.3 is 6.18 Å². The topological polar surface area (TPSA) is 77.6 Å². The van der Waals surface area contributed by atoms with E-state index in [0.717, 1.165) is 23.5 Å². The summed E-state index contributed by atoms with van der Waals surface area (Å²) in [5.74, 6) is -0.749. The van der Waals surface area contributed by atoms with Gasteiger partial charge in [-0.3, -0.25) is 9.59 Å². The molecule has 0 fully saturated rings. The average molecular weight is 429 g/mol. The van der Waals surface area contributed by atoms with E-state index in [1.54, 1.807) is 0 Å². The molecule has 0 aliphatic carbocycles. The number of alkyl halides is 3. The van der Waals surface area contributed by atoms with Crippen LogP contribution in [0.1, 0.15) is 16.1 Å². The number of anilines is 2. The molecule has 158 valence electrons. The van der Waals surface area contributed by atoms with Crippen LogP contribution in [0.5, 0.6) is 0 Å². The summed E-state index contributed by atoms with van der Waals surface area (Å²) < 4.78 is 38.4. The Morgan fingerprint density at radius 2 is 1.93 bits per heavy atom. The molecular weight excluding hydrogens is 407 g/mol. The molecule has 0 saturated carbocycles. The molecule has 11 heteroatoms. The Hall–Kier alpha value is -2.66. The predicted octanol–water partition coefficient (Wildman–Crippen LogP) is 2.66. The van der Waals surface area contributed by atoms with Crippen molar-refractivity contribution in [1.29, 1.82) is 0 Å². The number of rotatable bonds is 8. The molecule has 0 aliphatic rings. The van der Waals surface area contributed by atoms with Gasteiger partial charge in [0.15, 0.2) is 5.13 Å². The molecule has 0 aliphatic heterocycles. The first-order valence-corrected chi connectivity index (χ1v) is 9.51. The molecule has 2 rings (SSSR count). The summed E-state index contributed by atoms with van der Waals surface area (Å²) in [4.78, 5) is 31.6. The minimum atomic E-state index is -4.45. The van der Waals surface area contributed by atoms with Crippen LogP contribution in [-0.4, -0.2) is 67.4 Å². The molecule has 1 heterocycles. The molecule has 1 aromatic heterocycles. The highest BCUT2D eigenvalue weighted by Gasteiger charge is 2.30. The first-order valence-electron chi connectivity index (χ1n) is 8.63. The van der Waals surface area contributed by atoms with Crippen molar-refractivity contribution >= 4 is 34.0 Å². The van der Waals surface area contributed by atoms with E-state index < -0.39 is 17.6 Å². The fourth-order valence-electron chi connectivity index (χ4n) is 2.28. The van der Waals surface area contributed by atoms with Crippen LogP contribution >= 0.6 is 11.3 Å². The van der Waals surface area contributed by atoms with E-state index in [2.05, 4.69) is 15.6 Å². The first-order chi connectivity index (χ1) is 13.6. The summed E-state index contributed by atoms with van der Waals surface area (Å²) in [7, 11) is 5.25. The first kappa shape index (κ1) is 22.6. The number of nitrogens with one attached hydrogen (secondary N) is 2. The summed E-state index contributed by atoms with van der Waals surface area (Å²) in [5, 5.41) is 7.23. The number of benzene rings is 1. The number of hydrogen-bond donors (Lipinski definition) is 2. The highest BCUT2D eigenvalue weighted by atomic mass is 32.1. The van der Waals surface area contributed by atoms with Crippen molar-refractivity contribution in [2.45, 2.75) is 6.18 Å². The lowest BCUT2D eigenvalue weighted by molar-refractivity contribution is -0.137. The van der Waals surface area contributed by atoms with E-state index in [0.29, 0.717) is 13.1 Å². The molecule has 2 amide bonds. The quantitative estimate of drug-likeness (QED) is 0.675. The lowest BCUT2D eigenvalue weighted by Crippen LogP contribution is -2.40. The van der Waals surface area contributed by atoms with Crippen LogP contribution in [0.4, 0.5) is 24.0 Å². The van der Waals surface area contributed by atoms with Gasteiger partial charge in [0.2, 0.25) is 5.91 Å². The number of hydrogen-bond acceptors (Lipinski definition) is 6. The second kappa shape index (κ2) is 9.70. The normalized spacial score (nSPS) is 11.4. The average Bonchev–Trinajstić information content (AvgIpc) is 3.08. The van der Waals surface area contributed by atoms with Crippen molar-refractivity contribution in [3.05, 3.63) is 40.9 Å². The molecule has 2 N–H and O–H groups in total. The maximum absolute atomic E-state index is 12.8. The summed E-state index contributed by atoms with van der Waals surface area (Å²) in [6.45, 7) is 1.02. The van der Waals surface area contributed by atoms with Crippen molar-refractivity contribution in [3.8, 4) is 0 Å². The molecule has 0 spiro atoms. The lowest BCUT2D eigenvalue weighted by Gasteiger charge is -2.16. The minimum absolute atomic E-state index is 0.105. The predicted molar refractivity (Wildman–Crippen MR) is 105 cm³/mol. The summed E-state index contributed by atoms with van der Waals surface area (Å²) in [6.07, 6.45) is -4.45. The summed E-state index contributed by atoms with van der Waals surface area (Å²) in [5.41, 5.74) is -0.467. The molecule has 1 aromatic carbocycles. The standard InChI is InChI=1S/C18H22F3N5O2S/c1-25(2)8-7-22-15(27)10-26(3)16(28)14-11-29-17(24-14)23-13-6-4-5-12(9-13)18(19,20)21/h4-6,9,11H,7-8,10H2,1-3H3,(H,22,27)(H,23,24). The molecular formula is C18H22F3N5O2S. The van der Waals surface area contributed by atoms with Crippen LogP contribution < -0.4 is 10.6 Å². The Labute approximate surface area is 170 Å². The van der Waals surface area contributed by atoms with E-state index in [9.17, 15) is 22.8 Å². The van der Waals surface area contributed by atoms with Gasteiger partial charge < -0.3 is 20.4 Å². The maximum atomic E-state index is 12.8. The molecule has 2 aromatic rings. The van der Waals surface area contributed by atoms with Crippen LogP contribution in [0.2, 0.25) is 0 Å². The van der Waals surface area contributed by atoms with Crippen LogP contribution in [0.25, 0.3) is 0 Å². The zero-order valence-corrected chi connectivity index (χ0v) is 17.0. The number of carbonyl (C=O) groups excluding carboxylic acids is 2. The van der Waals surface area contributed by atoms with Gasteiger partial charge in [-0.1, -0.05) is 6.07 Å². The Kier molecular flexibility index (Phi) is 7.57. The Morgan fingerprint density at radius 1 is 1.21 bits per heavy atom. The summed E-state index contributed by atoms with van der Waals surface area (Å²) >= 11 is 1.08. The fraction of sp³-hybridized carbons (Fsp3) is 0.389. The van der Waals surface area contributed by atoms with Crippen LogP contribution in [-0.2, 0) is 11.0 Å².